The third-order valence-electron chi connectivity index (χ3n) is 2.21. The topological polar surface area (TPSA) is 104 Å². The van der Waals surface area contributed by atoms with Crippen molar-refractivity contribution in [3.63, 3.8) is 0 Å². The van der Waals surface area contributed by atoms with Crippen molar-refractivity contribution in [2.24, 2.45) is 0 Å². The molecule has 0 saturated carbocycles. The molecule has 0 unspecified atom stereocenters. The van der Waals surface area contributed by atoms with Gasteiger partial charge in [-0.15, -0.1) is 0 Å². The Balaban J connectivity index is 2.32. The van der Waals surface area contributed by atoms with Crippen LogP contribution < -0.4 is 10.5 Å². The second-order valence-corrected chi connectivity index (χ2v) is 3.70. The van der Waals surface area contributed by atoms with Crippen LogP contribution in [0.25, 0.3) is 0 Å². The molecule has 0 fully saturated rings. The molecular formula is C12H18N2O5. The van der Waals surface area contributed by atoms with Gasteiger partial charge in [-0.05, 0) is 18.6 Å². The van der Waals surface area contributed by atoms with Gasteiger partial charge in [0.05, 0.1) is 12.3 Å². The van der Waals surface area contributed by atoms with Crippen molar-refractivity contribution in [3.8, 4) is 5.88 Å². The Bertz CT molecular complexity index is 411. The number of rotatable bonds is 9. The van der Waals surface area contributed by atoms with E-state index in [-0.39, 0.29) is 18.2 Å². The molecule has 0 aromatic carbocycles. The van der Waals surface area contributed by atoms with E-state index in [0.717, 1.165) is 6.42 Å². The highest BCUT2D eigenvalue weighted by Crippen LogP contribution is 2.18. The first kappa shape index (κ1) is 15.2. The van der Waals surface area contributed by atoms with Crippen LogP contribution in [-0.2, 0) is 9.47 Å². The fraction of sp³-hybridized carbons (Fsp3) is 0.500. The molecule has 1 heterocycles. The first-order valence-corrected chi connectivity index (χ1v) is 5.84. The maximum Gasteiger partial charge on any atom is 0.354 e. The first-order chi connectivity index (χ1) is 9.15. The molecule has 19 heavy (non-hydrogen) atoms. The Labute approximate surface area is 111 Å². The normalized spacial score (nSPS) is 10.4. The molecule has 0 aliphatic carbocycles. The van der Waals surface area contributed by atoms with Crippen molar-refractivity contribution < 1.29 is 24.1 Å². The number of nitrogen functional groups attached to an aromatic ring is 1. The molecule has 1 rings (SSSR count). The van der Waals surface area contributed by atoms with Gasteiger partial charge in [-0.3, -0.25) is 0 Å². The number of aromatic carboxylic acids is 1. The molecular weight excluding hydrogens is 252 g/mol. The zero-order valence-corrected chi connectivity index (χ0v) is 10.8. The Hall–Kier alpha value is -1.86. The van der Waals surface area contributed by atoms with Crippen LogP contribution >= 0.6 is 0 Å². The van der Waals surface area contributed by atoms with Crippen molar-refractivity contribution in [3.05, 3.63) is 17.8 Å². The third-order valence-corrected chi connectivity index (χ3v) is 2.21. The van der Waals surface area contributed by atoms with Crippen molar-refractivity contribution in [1.82, 2.24) is 4.98 Å². The number of nitrogens with zero attached hydrogens (tertiary/aromatic N) is 1. The quantitative estimate of drug-likeness (QED) is 0.639. The number of ether oxygens (including phenoxy) is 3. The minimum absolute atomic E-state index is 0.106. The molecule has 0 spiro atoms. The van der Waals surface area contributed by atoms with Crippen LogP contribution in [0.1, 0.15) is 16.9 Å². The zero-order chi connectivity index (χ0) is 14.1. The smallest absolute Gasteiger partial charge is 0.354 e. The van der Waals surface area contributed by atoms with E-state index >= 15 is 0 Å². The molecule has 106 valence electrons. The van der Waals surface area contributed by atoms with Gasteiger partial charge in [0.25, 0.3) is 0 Å². The molecule has 7 heteroatoms. The minimum Gasteiger partial charge on any atom is -0.477 e. The van der Waals surface area contributed by atoms with Gasteiger partial charge in [-0.2, -0.15) is 0 Å². The van der Waals surface area contributed by atoms with E-state index in [1.54, 1.807) is 7.11 Å². The van der Waals surface area contributed by atoms with E-state index in [1.165, 1.54) is 12.1 Å². The molecule has 3 N–H and O–H groups in total. The van der Waals surface area contributed by atoms with E-state index in [0.29, 0.717) is 25.5 Å². The van der Waals surface area contributed by atoms with Gasteiger partial charge >= 0.3 is 5.97 Å². The number of carboxylic acids is 1. The predicted octanol–water partition coefficient (Wildman–Crippen LogP) is 0.794. The van der Waals surface area contributed by atoms with Gasteiger partial charge in [-0.25, -0.2) is 9.78 Å². The maximum atomic E-state index is 10.7. The molecule has 0 aliphatic heterocycles. The fourth-order valence-corrected chi connectivity index (χ4v) is 1.29. The molecule has 0 radical (unpaired) electrons. The molecule has 0 aliphatic rings. The van der Waals surface area contributed by atoms with Crippen LogP contribution in [0.15, 0.2) is 12.1 Å². The van der Waals surface area contributed by atoms with Gasteiger partial charge in [0.15, 0.2) is 5.69 Å². The van der Waals surface area contributed by atoms with E-state index in [2.05, 4.69) is 4.98 Å². The average molecular weight is 270 g/mol. The number of anilines is 1. The zero-order valence-electron chi connectivity index (χ0n) is 10.8. The monoisotopic (exact) mass is 270 g/mol. The summed E-state index contributed by atoms with van der Waals surface area (Å²) in [5.74, 6) is -1.01. The Morgan fingerprint density at radius 3 is 2.79 bits per heavy atom. The number of pyridine rings is 1. The number of hydrogen-bond acceptors (Lipinski definition) is 6. The second kappa shape index (κ2) is 8.28. The average Bonchev–Trinajstić information content (AvgIpc) is 2.39. The highest BCUT2D eigenvalue weighted by molar-refractivity contribution is 5.86. The summed E-state index contributed by atoms with van der Waals surface area (Å²) in [6, 6.07) is 2.77. The van der Waals surface area contributed by atoms with E-state index in [1.807, 2.05) is 0 Å². The van der Waals surface area contributed by atoms with Crippen LogP contribution in [0.3, 0.4) is 0 Å². The maximum absolute atomic E-state index is 10.7. The highest BCUT2D eigenvalue weighted by Gasteiger charge is 2.09. The number of carboxylic acid groups (broad SMARTS) is 1. The summed E-state index contributed by atoms with van der Waals surface area (Å²) < 4.78 is 15.4. The van der Waals surface area contributed by atoms with Crippen molar-refractivity contribution in [1.29, 1.82) is 0 Å². The lowest BCUT2D eigenvalue weighted by molar-refractivity contribution is 0.0686. The number of nitrogens with two attached hydrogens (primary N) is 1. The minimum atomic E-state index is -1.12. The number of aromatic nitrogens is 1. The Morgan fingerprint density at radius 1 is 1.32 bits per heavy atom. The van der Waals surface area contributed by atoms with E-state index in [9.17, 15) is 4.79 Å². The lowest BCUT2D eigenvalue weighted by atomic mass is 10.3. The standard InChI is InChI=1S/C12H18N2O5/c1-17-5-2-6-18-7-8-19-11-9(13)3-4-10(14-11)12(15)16/h3-4H,2,5-8,13H2,1H3,(H,15,16). The van der Waals surface area contributed by atoms with Crippen LogP contribution in [0, 0.1) is 0 Å². The van der Waals surface area contributed by atoms with Crippen molar-refractivity contribution in [2.75, 3.05) is 39.3 Å². The highest BCUT2D eigenvalue weighted by atomic mass is 16.5. The summed E-state index contributed by atoms with van der Waals surface area (Å²) in [7, 11) is 1.63. The van der Waals surface area contributed by atoms with E-state index < -0.39 is 5.97 Å². The number of hydrogen-bond donors (Lipinski definition) is 2. The summed E-state index contributed by atoms with van der Waals surface area (Å²) in [5, 5.41) is 8.80. The SMILES string of the molecule is COCCCOCCOc1nc(C(=O)O)ccc1N. The van der Waals surface area contributed by atoms with Crippen LogP contribution in [-0.4, -0.2) is 49.6 Å². The van der Waals surface area contributed by atoms with Crippen molar-refractivity contribution >= 4 is 11.7 Å². The molecule has 1 aromatic heterocycles. The predicted molar refractivity (Wildman–Crippen MR) is 68.4 cm³/mol. The van der Waals surface area contributed by atoms with Crippen molar-refractivity contribution in [2.45, 2.75) is 6.42 Å². The van der Waals surface area contributed by atoms with Crippen LogP contribution in [0.2, 0.25) is 0 Å². The molecule has 0 atom stereocenters. The molecule has 0 bridgehead atoms. The van der Waals surface area contributed by atoms with E-state index in [4.69, 9.17) is 25.1 Å². The third kappa shape index (κ3) is 5.54. The largest absolute Gasteiger partial charge is 0.477 e. The Kier molecular flexibility index (Phi) is 6.62. The van der Waals surface area contributed by atoms with Gasteiger partial charge in [0.1, 0.15) is 6.61 Å². The van der Waals surface area contributed by atoms with Gasteiger partial charge < -0.3 is 25.1 Å². The van der Waals surface area contributed by atoms with Crippen LogP contribution in [0.4, 0.5) is 5.69 Å². The summed E-state index contributed by atoms with van der Waals surface area (Å²) in [5.41, 5.74) is 5.82. The van der Waals surface area contributed by atoms with Gasteiger partial charge in [0, 0.05) is 20.3 Å². The van der Waals surface area contributed by atoms with Gasteiger partial charge in [0.2, 0.25) is 5.88 Å². The summed E-state index contributed by atoms with van der Waals surface area (Å²) in [6.45, 7) is 1.86. The summed E-state index contributed by atoms with van der Waals surface area (Å²) >= 11 is 0. The molecule has 0 amide bonds. The number of methoxy groups -OCH3 is 1. The first-order valence-electron chi connectivity index (χ1n) is 5.84. The second-order valence-electron chi connectivity index (χ2n) is 3.70. The Morgan fingerprint density at radius 2 is 2.11 bits per heavy atom. The number of carbonyl (C=O) groups is 1. The van der Waals surface area contributed by atoms with Crippen LogP contribution in [0.5, 0.6) is 5.88 Å². The summed E-state index contributed by atoms with van der Waals surface area (Å²) in [4.78, 5) is 14.5. The molecule has 0 saturated heterocycles. The van der Waals surface area contributed by atoms with Gasteiger partial charge in [-0.1, -0.05) is 0 Å². The fourth-order valence-electron chi connectivity index (χ4n) is 1.29. The summed E-state index contributed by atoms with van der Waals surface area (Å²) in [6.07, 6.45) is 0.811. The lowest BCUT2D eigenvalue weighted by Gasteiger charge is -2.08. The molecule has 7 nitrogen and oxygen atoms in total. The lowest BCUT2D eigenvalue weighted by Crippen LogP contribution is -2.11. The molecule has 1 aromatic rings.